The monoisotopic (exact) mass is 286 g/mol. The Morgan fingerprint density at radius 1 is 1.40 bits per heavy atom. The first-order chi connectivity index (χ1) is 9.83. The summed E-state index contributed by atoms with van der Waals surface area (Å²) in [5, 5.41) is 3.78. The minimum absolute atomic E-state index is 0.0557. The third kappa shape index (κ3) is 2.91. The van der Waals surface area contributed by atoms with Crippen molar-refractivity contribution in [3.8, 4) is 0 Å². The first-order valence-electron chi connectivity index (χ1n) is 6.35. The lowest BCUT2D eigenvalue weighted by molar-refractivity contribution is -0.121. The molecule has 20 heavy (non-hydrogen) atoms. The van der Waals surface area contributed by atoms with E-state index in [1.807, 2.05) is 30.3 Å². The van der Waals surface area contributed by atoms with Gasteiger partial charge in [-0.1, -0.05) is 30.3 Å². The zero-order valence-electron chi connectivity index (χ0n) is 10.7. The number of carbonyl (C=O) groups is 1. The number of nitrogens with one attached hydrogen (secondary N) is 2. The number of hydrogen-bond acceptors (Lipinski definition) is 4. The Kier molecular flexibility index (Phi) is 3.83. The molecule has 0 saturated heterocycles. The van der Waals surface area contributed by atoms with Gasteiger partial charge in [-0.15, -0.1) is 11.8 Å². The van der Waals surface area contributed by atoms with Gasteiger partial charge >= 0.3 is 0 Å². The smallest absolute Gasteiger partial charge is 0.246 e. The minimum atomic E-state index is -0.315. The molecule has 1 atom stereocenters. The van der Waals surface area contributed by atoms with Crippen molar-refractivity contribution in [2.45, 2.75) is 12.6 Å². The molecule has 1 aliphatic rings. The lowest BCUT2D eigenvalue weighted by Gasteiger charge is -2.06. The maximum absolute atomic E-state index is 12.0. The molecule has 1 amide bonds. The lowest BCUT2D eigenvalue weighted by atomic mass is 10.2. The molecular formula is C14H14N4OS. The molecule has 2 N–H and O–H groups in total. The van der Waals surface area contributed by atoms with Gasteiger partial charge in [0.05, 0.1) is 11.6 Å². The summed E-state index contributed by atoms with van der Waals surface area (Å²) in [5.74, 6) is 1.38. The van der Waals surface area contributed by atoms with Crippen molar-refractivity contribution >= 4 is 22.7 Å². The van der Waals surface area contributed by atoms with Crippen LogP contribution < -0.4 is 5.32 Å². The SMILES string of the molecule is O=C(NCc1ncc[nH]1)C1CSC(c2ccccc2)=N1. The van der Waals surface area contributed by atoms with Crippen LogP contribution in [0.3, 0.4) is 0 Å². The van der Waals surface area contributed by atoms with Gasteiger partial charge in [0.1, 0.15) is 11.9 Å². The molecule has 0 bridgehead atoms. The molecule has 1 aromatic carbocycles. The Labute approximate surface area is 120 Å². The third-order valence-corrected chi connectivity index (χ3v) is 4.06. The summed E-state index contributed by atoms with van der Waals surface area (Å²) in [5.41, 5.74) is 1.07. The first kappa shape index (κ1) is 12.9. The molecule has 2 aromatic rings. The van der Waals surface area contributed by atoms with E-state index in [9.17, 15) is 4.79 Å². The van der Waals surface area contributed by atoms with Crippen LogP contribution in [0.5, 0.6) is 0 Å². The van der Waals surface area contributed by atoms with Gasteiger partial charge in [-0.05, 0) is 0 Å². The maximum Gasteiger partial charge on any atom is 0.246 e. The van der Waals surface area contributed by atoms with Gasteiger partial charge in [-0.25, -0.2) is 4.98 Å². The molecule has 0 saturated carbocycles. The Hall–Kier alpha value is -2.08. The molecule has 0 radical (unpaired) electrons. The van der Waals surface area contributed by atoms with Gasteiger partial charge in [0.25, 0.3) is 0 Å². The highest BCUT2D eigenvalue weighted by molar-refractivity contribution is 8.14. The largest absolute Gasteiger partial charge is 0.347 e. The van der Waals surface area contributed by atoms with E-state index in [1.165, 1.54) is 0 Å². The molecular weight excluding hydrogens is 272 g/mol. The number of amides is 1. The highest BCUT2D eigenvalue weighted by Gasteiger charge is 2.25. The summed E-state index contributed by atoms with van der Waals surface area (Å²) in [4.78, 5) is 23.6. The molecule has 1 unspecified atom stereocenters. The van der Waals surface area contributed by atoms with Gasteiger partial charge in [-0.2, -0.15) is 0 Å². The van der Waals surface area contributed by atoms with Crippen LogP contribution in [0.1, 0.15) is 11.4 Å². The van der Waals surface area contributed by atoms with E-state index in [2.05, 4.69) is 20.3 Å². The Bertz CT molecular complexity index is 609. The number of hydrogen-bond donors (Lipinski definition) is 2. The van der Waals surface area contributed by atoms with Crippen LogP contribution >= 0.6 is 11.8 Å². The van der Waals surface area contributed by atoms with Gasteiger partial charge in [0.15, 0.2) is 0 Å². The topological polar surface area (TPSA) is 70.1 Å². The molecule has 2 heterocycles. The molecule has 6 heteroatoms. The number of thioether (sulfide) groups is 1. The fourth-order valence-electron chi connectivity index (χ4n) is 1.93. The summed E-state index contributed by atoms with van der Waals surface area (Å²) in [6, 6.07) is 9.62. The quantitative estimate of drug-likeness (QED) is 0.896. The number of carbonyl (C=O) groups excluding carboxylic acids is 1. The van der Waals surface area contributed by atoms with Crippen LogP contribution in [-0.2, 0) is 11.3 Å². The van der Waals surface area contributed by atoms with Crippen LogP contribution in [-0.4, -0.2) is 32.7 Å². The fraction of sp³-hybridized carbons (Fsp3) is 0.214. The Morgan fingerprint density at radius 2 is 2.25 bits per heavy atom. The average Bonchev–Trinajstić information content (AvgIpc) is 3.17. The normalized spacial score (nSPS) is 17.8. The number of aromatic amines is 1. The second kappa shape index (κ2) is 5.92. The molecule has 0 aliphatic carbocycles. The average molecular weight is 286 g/mol. The van der Waals surface area contributed by atoms with Crippen molar-refractivity contribution in [3.63, 3.8) is 0 Å². The molecule has 1 aliphatic heterocycles. The van der Waals surface area contributed by atoms with E-state index in [1.54, 1.807) is 24.2 Å². The number of benzene rings is 1. The number of rotatable bonds is 4. The van der Waals surface area contributed by atoms with Crippen molar-refractivity contribution in [3.05, 3.63) is 54.1 Å². The van der Waals surface area contributed by atoms with Crippen molar-refractivity contribution in [2.24, 2.45) is 4.99 Å². The van der Waals surface area contributed by atoms with Gasteiger partial charge < -0.3 is 10.3 Å². The fourth-order valence-corrected chi connectivity index (χ4v) is 2.98. The van der Waals surface area contributed by atoms with E-state index >= 15 is 0 Å². The summed E-state index contributed by atoms with van der Waals surface area (Å²) < 4.78 is 0. The van der Waals surface area contributed by atoms with Gasteiger partial charge in [0.2, 0.25) is 5.91 Å². The van der Waals surface area contributed by atoms with Crippen LogP contribution in [0.15, 0.2) is 47.7 Å². The van der Waals surface area contributed by atoms with Gasteiger partial charge in [-0.3, -0.25) is 9.79 Å². The van der Waals surface area contributed by atoms with E-state index < -0.39 is 0 Å². The molecule has 0 fully saturated rings. The number of aliphatic imine (C=N–C) groups is 1. The van der Waals surface area contributed by atoms with Crippen molar-refractivity contribution in [1.29, 1.82) is 0 Å². The third-order valence-electron chi connectivity index (χ3n) is 2.96. The van der Waals surface area contributed by atoms with Crippen LogP contribution in [0.2, 0.25) is 0 Å². The minimum Gasteiger partial charge on any atom is -0.347 e. The number of aromatic nitrogens is 2. The molecule has 0 spiro atoms. The summed E-state index contributed by atoms with van der Waals surface area (Å²) in [6.45, 7) is 0.406. The van der Waals surface area contributed by atoms with Crippen molar-refractivity contribution in [2.75, 3.05) is 5.75 Å². The molecule has 3 rings (SSSR count). The second-order valence-electron chi connectivity index (χ2n) is 4.38. The summed E-state index contributed by atoms with van der Waals surface area (Å²) in [6.07, 6.45) is 3.40. The van der Waals surface area contributed by atoms with Crippen LogP contribution in [0.25, 0.3) is 0 Å². The van der Waals surface area contributed by atoms with E-state index in [0.717, 1.165) is 16.4 Å². The second-order valence-corrected chi connectivity index (χ2v) is 5.39. The Balaban J connectivity index is 1.61. The lowest BCUT2D eigenvalue weighted by Crippen LogP contribution is -2.33. The standard InChI is InChI=1S/C14H14N4OS/c19-13(17-8-12-15-6-7-16-12)11-9-20-14(18-11)10-4-2-1-3-5-10/h1-7,11H,8-9H2,(H,15,16)(H,17,19). The van der Waals surface area contributed by atoms with Crippen LogP contribution in [0.4, 0.5) is 0 Å². The summed E-state index contributed by atoms with van der Waals surface area (Å²) >= 11 is 1.62. The zero-order valence-corrected chi connectivity index (χ0v) is 11.6. The number of H-pyrrole nitrogens is 1. The highest BCUT2D eigenvalue weighted by atomic mass is 32.2. The predicted octanol–water partition coefficient (Wildman–Crippen LogP) is 1.59. The Morgan fingerprint density at radius 3 is 3.00 bits per heavy atom. The molecule has 102 valence electrons. The van der Waals surface area contributed by atoms with E-state index in [4.69, 9.17) is 0 Å². The van der Waals surface area contributed by atoms with Gasteiger partial charge in [0, 0.05) is 23.7 Å². The van der Waals surface area contributed by atoms with Crippen molar-refractivity contribution < 1.29 is 4.79 Å². The highest BCUT2D eigenvalue weighted by Crippen LogP contribution is 2.23. The van der Waals surface area contributed by atoms with Crippen molar-refractivity contribution in [1.82, 2.24) is 15.3 Å². The first-order valence-corrected chi connectivity index (χ1v) is 7.33. The van der Waals surface area contributed by atoms with E-state index in [0.29, 0.717) is 12.3 Å². The maximum atomic E-state index is 12.0. The van der Waals surface area contributed by atoms with E-state index in [-0.39, 0.29) is 11.9 Å². The zero-order chi connectivity index (χ0) is 13.8. The number of imidazole rings is 1. The number of nitrogens with zero attached hydrogens (tertiary/aromatic N) is 2. The summed E-state index contributed by atoms with van der Waals surface area (Å²) in [7, 11) is 0. The van der Waals surface area contributed by atoms with Crippen LogP contribution in [0, 0.1) is 0 Å². The molecule has 5 nitrogen and oxygen atoms in total. The molecule has 1 aromatic heterocycles. The predicted molar refractivity (Wildman–Crippen MR) is 79.7 cm³/mol.